The van der Waals surface area contributed by atoms with Gasteiger partial charge in [0.2, 0.25) is 0 Å². The third-order valence-electron chi connectivity index (χ3n) is 12.4. The van der Waals surface area contributed by atoms with Gasteiger partial charge in [-0.25, -0.2) is 0 Å². The molecule has 0 bridgehead atoms. The van der Waals surface area contributed by atoms with Crippen molar-refractivity contribution in [2.24, 2.45) is 0 Å². The molecule has 10 rings (SSSR count). The quantitative estimate of drug-likeness (QED) is 0.189. The van der Waals surface area contributed by atoms with Crippen molar-refractivity contribution in [2.45, 2.75) is 76.5 Å². The molecule has 2 heteroatoms. The van der Waals surface area contributed by atoms with Gasteiger partial charge in [-0.3, -0.25) is 0 Å². The third kappa shape index (κ3) is 4.21. The second kappa shape index (κ2) is 10.7. The molecular weight excluding hydrogens is 607 g/mol. The Morgan fingerprint density at radius 3 is 1.66 bits per heavy atom. The van der Waals surface area contributed by atoms with Crippen LogP contribution in [0.25, 0.3) is 44.2 Å². The molecule has 1 fully saturated rings. The van der Waals surface area contributed by atoms with Crippen molar-refractivity contribution in [3.8, 4) is 22.3 Å². The van der Waals surface area contributed by atoms with Gasteiger partial charge in [-0.15, -0.1) is 0 Å². The minimum absolute atomic E-state index is 0.0921. The summed E-state index contributed by atoms with van der Waals surface area (Å²) in [6.45, 7) is 9.51. The van der Waals surface area contributed by atoms with E-state index in [-0.39, 0.29) is 10.8 Å². The second-order valence-corrected chi connectivity index (χ2v) is 16.0. The summed E-state index contributed by atoms with van der Waals surface area (Å²) < 4.78 is 6.72. The van der Waals surface area contributed by atoms with Crippen molar-refractivity contribution in [2.75, 3.05) is 4.90 Å². The van der Waals surface area contributed by atoms with Gasteiger partial charge in [0.1, 0.15) is 11.2 Å². The van der Waals surface area contributed by atoms with Crippen molar-refractivity contribution in [3.05, 3.63) is 149 Å². The molecule has 3 aliphatic rings. The molecule has 7 aromatic rings. The number of rotatable bonds is 4. The number of benzene rings is 6. The van der Waals surface area contributed by atoms with Gasteiger partial charge < -0.3 is 9.32 Å². The molecule has 0 spiro atoms. The highest BCUT2D eigenvalue weighted by Crippen LogP contribution is 2.54. The Kier molecular flexibility index (Phi) is 6.38. The summed E-state index contributed by atoms with van der Waals surface area (Å²) in [4.78, 5) is 2.51. The number of fused-ring (bicyclic) bond motifs is 9. The van der Waals surface area contributed by atoms with Crippen molar-refractivity contribution >= 4 is 39.0 Å². The first-order chi connectivity index (χ1) is 24.3. The molecule has 0 aliphatic heterocycles. The minimum atomic E-state index is -0.0921. The Hall–Kier alpha value is -5.08. The van der Waals surface area contributed by atoms with Gasteiger partial charge in [0, 0.05) is 39.0 Å². The van der Waals surface area contributed by atoms with E-state index in [1.165, 1.54) is 110 Å². The SMILES string of the molecule is CC1(C)c2ccccc2-c2ccc(N(c3ccc4c(c3)C(C)(C)c3ccccc3-4)c3cc(C4CCCCC4)c4c(c3)oc3ccccc34)cc21. The fraction of sp³-hybridized carbons (Fsp3) is 0.250. The van der Waals surface area contributed by atoms with Crippen molar-refractivity contribution in [1.82, 2.24) is 0 Å². The molecule has 0 amide bonds. The van der Waals surface area contributed by atoms with Gasteiger partial charge in [-0.1, -0.05) is 126 Å². The summed E-state index contributed by atoms with van der Waals surface area (Å²) in [7, 11) is 0. The maximum Gasteiger partial charge on any atom is 0.137 e. The average Bonchev–Trinajstić information content (AvgIpc) is 3.71. The van der Waals surface area contributed by atoms with Crippen LogP contribution >= 0.6 is 0 Å². The standard InChI is InChI=1S/C48H43NO/c1-47(2)40-19-11-8-16-34(40)36-24-22-31(27-42(36)47)49(32-23-25-37-35-17-9-12-20-41(35)48(3,4)43(37)28-32)33-26-39(30-14-6-5-7-15-30)46-38-18-10-13-21-44(38)50-45(46)29-33/h8-13,16-30H,5-7,14-15H2,1-4H3. The summed E-state index contributed by atoms with van der Waals surface area (Å²) in [6, 6.07) is 45.6. The fourth-order valence-corrected chi connectivity index (χ4v) is 9.85. The molecule has 0 atom stereocenters. The van der Waals surface area contributed by atoms with Crippen LogP contribution in [-0.2, 0) is 10.8 Å². The molecule has 6 aromatic carbocycles. The van der Waals surface area contributed by atoms with E-state index < -0.39 is 0 Å². The second-order valence-electron chi connectivity index (χ2n) is 16.0. The maximum atomic E-state index is 6.72. The number of furan rings is 1. The summed E-state index contributed by atoms with van der Waals surface area (Å²) in [5.41, 5.74) is 17.7. The lowest BCUT2D eigenvalue weighted by Crippen LogP contribution is -2.18. The summed E-state index contributed by atoms with van der Waals surface area (Å²) in [5.74, 6) is 0.524. The van der Waals surface area contributed by atoms with E-state index in [1.54, 1.807) is 0 Å². The smallest absolute Gasteiger partial charge is 0.137 e. The number of anilines is 3. The van der Waals surface area contributed by atoms with Gasteiger partial charge in [-0.2, -0.15) is 0 Å². The van der Waals surface area contributed by atoms with Crippen LogP contribution in [0.3, 0.4) is 0 Å². The number of hydrogen-bond donors (Lipinski definition) is 0. The predicted molar refractivity (Wildman–Crippen MR) is 209 cm³/mol. The van der Waals surface area contributed by atoms with Crippen LogP contribution in [0.4, 0.5) is 17.1 Å². The molecule has 1 aromatic heterocycles. The molecule has 1 saturated carbocycles. The highest BCUT2D eigenvalue weighted by Gasteiger charge is 2.38. The lowest BCUT2D eigenvalue weighted by molar-refractivity contribution is 0.445. The van der Waals surface area contributed by atoms with Crippen LogP contribution in [0.2, 0.25) is 0 Å². The van der Waals surface area contributed by atoms with Crippen LogP contribution in [-0.4, -0.2) is 0 Å². The normalized spacial score (nSPS) is 17.0. The van der Waals surface area contributed by atoms with Crippen LogP contribution < -0.4 is 4.90 Å². The molecule has 0 N–H and O–H groups in total. The Bertz CT molecular complexity index is 2380. The number of nitrogens with zero attached hydrogens (tertiary/aromatic N) is 1. The highest BCUT2D eigenvalue weighted by molar-refractivity contribution is 6.08. The average molecular weight is 650 g/mol. The van der Waals surface area contributed by atoms with Gasteiger partial charge in [0.25, 0.3) is 0 Å². The zero-order valence-electron chi connectivity index (χ0n) is 29.5. The molecule has 0 unspecified atom stereocenters. The summed E-state index contributed by atoms with van der Waals surface area (Å²) in [6.07, 6.45) is 6.37. The Morgan fingerprint density at radius 2 is 1.04 bits per heavy atom. The zero-order chi connectivity index (χ0) is 33.8. The van der Waals surface area contributed by atoms with E-state index in [1.807, 2.05) is 0 Å². The fourth-order valence-electron chi connectivity index (χ4n) is 9.85. The van der Waals surface area contributed by atoms with Crippen molar-refractivity contribution in [1.29, 1.82) is 0 Å². The topological polar surface area (TPSA) is 16.4 Å². The van der Waals surface area contributed by atoms with E-state index in [2.05, 4.69) is 154 Å². The molecule has 2 nitrogen and oxygen atoms in total. The molecule has 3 aliphatic carbocycles. The van der Waals surface area contributed by atoms with Gasteiger partial charge >= 0.3 is 0 Å². The van der Waals surface area contributed by atoms with Crippen LogP contribution in [0.15, 0.2) is 126 Å². The highest BCUT2D eigenvalue weighted by atomic mass is 16.3. The Balaban J connectivity index is 1.23. The first-order valence-electron chi connectivity index (χ1n) is 18.5. The van der Waals surface area contributed by atoms with Crippen molar-refractivity contribution in [3.63, 3.8) is 0 Å². The zero-order valence-corrected chi connectivity index (χ0v) is 29.5. The van der Waals surface area contributed by atoms with E-state index in [0.717, 1.165) is 11.2 Å². The van der Waals surface area contributed by atoms with Gasteiger partial charge in [-0.05, 0) is 105 Å². The molecule has 0 saturated heterocycles. The third-order valence-corrected chi connectivity index (χ3v) is 12.4. The van der Waals surface area contributed by atoms with Crippen molar-refractivity contribution < 1.29 is 4.42 Å². The molecule has 1 heterocycles. The lowest BCUT2D eigenvalue weighted by Gasteiger charge is -2.31. The molecule has 246 valence electrons. The largest absolute Gasteiger partial charge is 0.456 e. The maximum absolute atomic E-state index is 6.72. The van der Waals surface area contributed by atoms with Crippen LogP contribution in [0.1, 0.15) is 93.5 Å². The van der Waals surface area contributed by atoms with Gasteiger partial charge in [0.05, 0.1) is 5.69 Å². The minimum Gasteiger partial charge on any atom is -0.456 e. The van der Waals surface area contributed by atoms with Crippen LogP contribution in [0.5, 0.6) is 0 Å². The lowest BCUT2D eigenvalue weighted by atomic mass is 9.81. The van der Waals surface area contributed by atoms with E-state index >= 15 is 0 Å². The Labute approximate surface area is 295 Å². The molecule has 50 heavy (non-hydrogen) atoms. The monoisotopic (exact) mass is 649 g/mol. The van der Waals surface area contributed by atoms with E-state index in [9.17, 15) is 0 Å². The number of para-hydroxylation sites is 1. The van der Waals surface area contributed by atoms with E-state index in [0.29, 0.717) is 5.92 Å². The number of hydrogen-bond acceptors (Lipinski definition) is 2. The van der Waals surface area contributed by atoms with Gasteiger partial charge in [0.15, 0.2) is 0 Å². The summed E-state index contributed by atoms with van der Waals surface area (Å²) >= 11 is 0. The van der Waals surface area contributed by atoms with E-state index in [4.69, 9.17) is 4.42 Å². The first-order valence-corrected chi connectivity index (χ1v) is 18.5. The summed E-state index contributed by atoms with van der Waals surface area (Å²) in [5, 5.41) is 2.53. The first kappa shape index (κ1) is 29.8. The molecular formula is C48H43NO. The Morgan fingerprint density at radius 1 is 0.500 bits per heavy atom. The van der Waals surface area contributed by atoms with Crippen LogP contribution in [0, 0.1) is 0 Å². The predicted octanol–water partition coefficient (Wildman–Crippen LogP) is 13.7. The molecule has 0 radical (unpaired) electrons.